The molecule has 0 spiro atoms. The molecule has 0 bridgehead atoms. The second kappa shape index (κ2) is 5.47. The van der Waals surface area contributed by atoms with Crippen molar-refractivity contribution in [2.75, 3.05) is 6.54 Å². The highest BCUT2D eigenvalue weighted by Gasteiger charge is 2.14. The molecule has 1 amide bonds. The van der Waals surface area contributed by atoms with Crippen molar-refractivity contribution in [3.8, 4) is 0 Å². The molecule has 3 N–H and O–H groups in total. The van der Waals surface area contributed by atoms with Crippen LogP contribution in [-0.4, -0.2) is 12.5 Å². The average molecular weight is 218 g/mol. The van der Waals surface area contributed by atoms with Crippen LogP contribution in [-0.2, 0) is 4.79 Å². The molecule has 0 fully saturated rings. The van der Waals surface area contributed by atoms with Gasteiger partial charge in [-0.05, 0) is 19.4 Å². The van der Waals surface area contributed by atoms with Crippen LogP contribution >= 0.6 is 0 Å². The van der Waals surface area contributed by atoms with Gasteiger partial charge in [-0.2, -0.15) is 0 Å². The Bertz CT molecular complexity index is 381. The normalized spacial score (nSPS) is 11.9. The molecule has 1 rings (SSSR count). The molecule has 0 saturated heterocycles. The summed E-state index contributed by atoms with van der Waals surface area (Å²) in [4.78, 5) is 11.7. The Morgan fingerprint density at radius 3 is 2.50 bits per heavy atom. The van der Waals surface area contributed by atoms with Gasteiger partial charge in [-0.15, -0.1) is 0 Å². The summed E-state index contributed by atoms with van der Waals surface area (Å²) in [6, 6.07) is 7.03. The van der Waals surface area contributed by atoms with E-state index in [4.69, 9.17) is 5.73 Å². The average Bonchev–Trinajstić information content (AvgIpc) is 2.26. The van der Waals surface area contributed by atoms with Crippen molar-refractivity contribution in [2.24, 2.45) is 5.73 Å². The topological polar surface area (TPSA) is 55.1 Å². The van der Waals surface area contributed by atoms with Gasteiger partial charge in [0.2, 0.25) is 5.91 Å². The minimum absolute atomic E-state index is 0.174. The minimum Gasteiger partial charge on any atom is -0.351 e. The van der Waals surface area contributed by atoms with E-state index in [1.807, 2.05) is 38.1 Å². The van der Waals surface area contributed by atoms with E-state index < -0.39 is 6.04 Å². The second-order valence-electron chi connectivity index (χ2n) is 4.06. The Morgan fingerprint density at radius 1 is 1.44 bits per heavy atom. The lowest BCUT2D eigenvalue weighted by atomic mass is 10.1. The summed E-state index contributed by atoms with van der Waals surface area (Å²) < 4.78 is 0. The maximum atomic E-state index is 11.7. The van der Waals surface area contributed by atoms with E-state index in [1.54, 1.807) is 0 Å². The highest BCUT2D eigenvalue weighted by Crippen LogP contribution is 2.11. The molecular formula is C13H18N2O. The number of amides is 1. The summed E-state index contributed by atoms with van der Waals surface area (Å²) in [5, 5.41) is 2.73. The summed E-state index contributed by atoms with van der Waals surface area (Å²) >= 11 is 0. The van der Waals surface area contributed by atoms with Crippen LogP contribution in [0, 0.1) is 6.92 Å². The largest absolute Gasteiger partial charge is 0.351 e. The van der Waals surface area contributed by atoms with Crippen LogP contribution in [0.4, 0.5) is 0 Å². The molecule has 16 heavy (non-hydrogen) atoms. The van der Waals surface area contributed by atoms with Crippen LogP contribution in [0.3, 0.4) is 0 Å². The Kier molecular flexibility index (Phi) is 4.26. The SMILES string of the molecule is C=C(C)CNC(=O)C(N)c1ccc(C)cc1. The third kappa shape index (κ3) is 3.51. The number of benzene rings is 1. The molecule has 1 aromatic rings. The molecule has 0 aliphatic carbocycles. The highest BCUT2D eigenvalue weighted by atomic mass is 16.2. The first kappa shape index (κ1) is 12.5. The van der Waals surface area contributed by atoms with Gasteiger partial charge in [-0.1, -0.05) is 42.0 Å². The zero-order chi connectivity index (χ0) is 12.1. The molecule has 1 atom stereocenters. The molecule has 86 valence electrons. The zero-order valence-corrected chi connectivity index (χ0v) is 9.79. The van der Waals surface area contributed by atoms with Gasteiger partial charge in [0.1, 0.15) is 6.04 Å². The number of rotatable bonds is 4. The smallest absolute Gasteiger partial charge is 0.241 e. The van der Waals surface area contributed by atoms with E-state index in [0.29, 0.717) is 6.54 Å². The number of nitrogens with one attached hydrogen (secondary N) is 1. The summed E-state index contributed by atoms with van der Waals surface area (Å²) in [7, 11) is 0. The highest BCUT2D eigenvalue weighted by molar-refractivity contribution is 5.83. The predicted octanol–water partition coefficient (Wildman–Crippen LogP) is 1.69. The van der Waals surface area contributed by atoms with Gasteiger partial charge in [-0.25, -0.2) is 0 Å². The fourth-order valence-electron chi connectivity index (χ4n) is 1.27. The maximum Gasteiger partial charge on any atom is 0.241 e. The summed E-state index contributed by atoms with van der Waals surface area (Å²) in [6.07, 6.45) is 0. The number of hydrogen-bond acceptors (Lipinski definition) is 2. The lowest BCUT2D eigenvalue weighted by Crippen LogP contribution is -2.34. The van der Waals surface area contributed by atoms with Crippen LogP contribution < -0.4 is 11.1 Å². The van der Waals surface area contributed by atoms with Gasteiger partial charge in [0.25, 0.3) is 0 Å². The first-order valence-electron chi connectivity index (χ1n) is 5.25. The van der Waals surface area contributed by atoms with Gasteiger partial charge in [-0.3, -0.25) is 4.79 Å². The van der Waals surface area contributed by atoms with Crippen LogP contribution in [0.1, 0.15) is 24.1 Å². The van der Waals surface area contributed by atoms with Crippen LogP contribution in [0.15, 0.2) is 36.4 Å². The van der Waals surface area contributed by atoms with Crippen molar-refractivity contribution in [3.63, 3.8) is 0 Å². The minimum atomic E-state index is -0.611. The van der Waals surface area contributed by atoms with E-state index >= 15 is 0 Å². The summed E-state index contributed by atoms with van der Waals surface area (Å²) in [6.45, 7) is 8.04. The van der Waals surface area contributed by atoms with Crippen molar-refractivity contribution in [1.82, 2.24) is 5.32 Å². The van der Waals surface area contributed by atoms with Crippen LogP contribution in [0.2, 0.25) is 0 Å². The quantitative estimate of drug-likeness (QED) is 0.755. The Morgan fingerprint density at radius 2 is 2.00 bits per heavy atom. The fraction of sp³-hybridized carbons (Fsp3) is 0.308. The van der Waals surface area contributed by atoms with Crippen molar-refractivity contribution in [2.45, 2.75) is 19.9 Å². The molecule has 0 heterocycles. The van der Waals surface area contributed by atoms with E-state index in [-0.39, 0.29) is 5.91 Å². The Hall–Kier alpha value is -1.61. The molecule has 0 aliphatic rings. The van der Waals surface area contributed by atoms with E-state index in [0.717, 1.165) is 16.7 Å². The Balaban J connectivity index is 2.63. The number of hydrogen-bond donors (Lipinski definition) is 2. The van der Waals surface area contributed by atoms with Crippen molar-refractivity contribution < 1.29 is 4.79 Å². The van der Waals surface area contributed by atoms with E-state index in [9.17, 15) is 4.79 Å². The predicted molar refractivity (Wildman–Crippen MR) is 65.9 cm³/mol. The third-order valence-corrected chi connectivity index (χ3v) is 2.28. The molecular weight excluding hydrogens is 200 g/mol. The fourth-order valence-corrected chi connectivity index (χ4v) is 1.27. The van der Waals surface area contributed by atoms with Crippen molar-refractivity contribution in [3.05, 3.63) is 47.5 Å². The standard InChI is InChI=1S/C13H18N2O/c1-9(2)8-15-13(16)12(14)11-6-4-10(3)5-7-11/h4-7,12H,1,8,14H2,2-3H3,(H,15,16). The first-order valence-corrected chi connectivity index (χ1v) is 5.25. The Labute approximate surface area is 96.3 Å². The molecule has 0 aliphatic heterocycles. The molecule has 3 nitrogen and oxygen atoms in total. The summed E-state index contributed by atoms with van der Waals surface area (Å²) in [5.74, 6) is -0.174. The van der Waals surface area contributed by atoms with Gasteiger partial charge >= 0.3 is 0 Å². The molecule has 1 aromatic carbocycles. The lowest BCUT2D eigenvalue weighted by Gasteiger charge is -2.12. The van der Waals surface area contributed by atoms with Gasteiger partial charge < -0.3 is 11.1 Å². The number of nitrogens with two attached hydrogens (primary N) is 1. The maximum absolute atomic E-state index is 11.7. The van der Waals surface area contributed by atoms with Crippen LogP contribution in [0.5, 0.6) is 0 Å². The van der Waals surface area contributed by atoms with Gasteiger partial charge in [0, 0.05) is 6.54 Å². The second-order valence-corrected chi connectivity index (χ2v) is 4.06. The number of carbonyl (C=O) groups excluding carboxylic acids is 1. The van der Waals surface area contributed by atoms with Gasteiger partial charge in [0.15, 0.2) is 0 Å². The van der Waals surface area contributed by atoms with E-state index in [1.165, 1.54) is 0 Å². The summed E-state index contributed by atoms with van der Waals surface area (Å²) in [5.41, 5.74) is 8.72. The lowest BCUT2D eigenvalue weighted by molar-refractivity contribution is -0.122. The third-order valence-electron chi connectivity index (χ3n) is 2.28. The molecule has 0 radical (unpaired) electrons. The molecule has 0 saturated carbocycles. The van der Waals surface area contributed by atoms with E-state index in [2.05, 4.69) is 11.9 Å². The van der Waals surface area contributed by atoms with Crippen molar-refractivity contribution >= 4 is 5.91 Å². The van der Waals surface area contributed by atoms with Crippen molar-refractivity contribution in [1.29, 1.82) is 0 Å². The zero-order valence-electron chi connectivity index (χ0n) is 9.79. The number of aryl methyl sites for hydroxylation is 1. The molecule has 3 heteroatoms. The monoisotopic (exact) mass is 218 g/mol. The van der Waals surface area contributed by atoms with Crippen LogP contribution in [0.25, 0.3) is 0 Å². The number of carbonyl (C=O) groups is 1. The first-order chi connectivity index (χ1) is 7.50. The van der Waals surface area contributed by atoms with Gasteiger partial charge in [0.05, 0.1) is 0 Å². The molecule has 0 aromatic heterocycles. The molecule has 1 unspecified atom stereocenters.